The van der Waals surface area contributed by atoms with Crippen LogP contribution in [0.5, 0.6) is 11.5 Å². The van der Waals surface area contributed by atoms with Gasteiger partial charge in [-0.2, -0.15) is 0 Å². The van der Waals surface area contributed by atoms with Crippen molar-refractivity contribution in [3.05, 3.63) is 92.6 Å². The minimum Gasteiger partial charge on any atom is -0.453 e. The molecule has 0 aromatic heterocycles. The third-order valence-corrected chi connectivity index (χ3v) is 4.69. The van der Waals surface area contributed by atoms with Gasteiger partial charge >= 0.3 is 5.91 Å². The van der Waals surface area contributed by atoms with Crippen LogP contribution in [0.25, 0.3) is 0 Å². The molecule has 3 rings (SSSR count). The zero-order chi connectivity index (χ0) is 21.8. The quantitative estimate of drug-likeness (QED) is 0.503. The van der Waals surface area contributed by atoms with Gasteiger partial charge in [0, 0.05) is 27.5 Å². The number of carbonyl (C=O) groups is 2. The molecule has 0 aliphatic carbocycles. The number of anilines is 1. The monoisotopic (exact) mass is 426 g/mol. The molecule has 8 heteroatoms. The van der Waals surface area contributed by atoms with Gasteiger partial charge in [0.15, 0.2) is 11.6 Å². The highest BCUT2D eigenvalue weighted by molar-refractivity contribution is 6.31. The van der Waals surface area contributed by atoms with Crippen LogP contribution in [0.2, 0.25) is 5.02 Å². The number of ether oxygens (including phenoxy) is 1. The molecule has 0 bridgehead atoms. The molecule has 0 radical (unpaired) electrons. The third kappa shape index (κ3) is 4.69. The zero-order valence-electron chi connectivity index (χ0n) is 16.0. The van der Waals surface area contributed by atoms with E-state index < -0.39 is 17.6 Å². The highest BCUT2D eigenvalue weighted by Crippen LogP contribution is 2.33. The van der Waals surface area contributed by atoms with E-state index in [2.05, 4.69) is 10.5 Å². The molecule has 0 saturated carbocycles. The minimum atomic E-state index is -0.906. The van der Waals surface area contributed by atoms with Crippen molar-refractivity contribution in [2.75, 3.05) is 5.32 Å². The third-order valence-electron chi connectivity index (χ3n) is 4.29. The van der Waals surface area contributed by atoms with E-state index in [0.717, 1.165) is 5.56 Å². The molecule has 0 fully saturated rings. The average molecular weight is 427 g/mol. The number of hydrogen-bond donors (Lipinski definition) is 1. The molecule has 3 aromatic carbocycles. The fourth-order valence-corrected chi connectivity index (χ4v) is 2.83. The Balaban J connectivity index is 1.90. The number of hydrogen-bond acceptors (Lipinski definition) is 4. The molecule has 0 atom stereocenters. The van der Waals surface area contributed by atoms with Gasteiger partial charge < -0.3 is 10.1 Å². The Hall–Kier alpha value is -3.58. The van der Waals surface area contributed by atoms with Crippen LogP contribution >= 0.6 is 11.6 Å². The highest BCUT2D eigenvalue weighted by atomic mass is 35.5. The number of aryl methyl sites for hydroxylation is 2. The lowest BCUT2D eigenvalue weighted by Crippen LogP contribution is -2.13. The van der Waals surface area contributed by atoms with Crippen LogP contribution in [0.4, 0.5) is 10.1 Å². The second kappa shape index (κ2) is 8.84. The lowest BCUT2D eigenvalue weighted by molar-refractivity contribution is 0.0998. The number of nitrogens with zero attached hydrogens (tertiary/aromatic N) is 1. The summed E-state index contributed by atoms with van der Waals surface area (Å²) in [5, 5.41) is 5.37. The van der Waals surface area contributed by atoms with Gasteiger partial charge in [-0.25, -0.2) is 4.39 Å². The Morgan fingerprint density at radius 1 is 1.00 bits per heavy atom. The Kier molecular flexibility index (Phi) is 6.23. The van der Waals surface area contributed by atoms with Gasteiger partial charge in [0.05, 0.1) is 5.56 Å². The largest absolute Gasteiger partial charge is 0.453 e. The minimum absolute atomic E-state index is 0.0428. The summed E-state index contributed by atoms with van der Waals surface area (Å²) in [6.45, 7) is 3.47. The first-order chi connectivity index (χ1) is 14.3. The van der Waals surface area contributed by atoms with Crippen LogP contribution in [-0.4, -0.2) is 11.8 Å². The summed E-state index contributed by atoms with van der Waals surface area (Å²) in [5.41, 5.74) is 1.99. The summed E-state index contributed by atoms with van der Waals surface area (Å²) in [5.74, 6) is -1.95. The number of halogens is 2. The number of rotatable bonds is 5. The summed E-state index contributed by atoms with van der Waals surface area (Å²) in [6, 6.07) is 13.1. The molecule has 6 nitrogen and oxygen atoms in total. The van der Waals surface area contributed by atoms with Crippen molar-refractivity contribution in [2.45, 2.75) is 13.8 Å². The van der Waals surface area contributed by atoms with Crippen LogP contribution in [0.3, 0.4) is 0 Å². The number of carbonyl (C=O) groups excluding carboxylic acids is 2. The maximum Gasteiger partial charge on any atom is 0.316 e. The van der Waals surface area contributed by atoms with Crippen molar-refractivity contribution >= 4 is 29.1 Å². The first-order valence-corrected chi connectivity index (χ1v) is 9.19. The second-order valence-electron chi connectivity index (χ2n) is 6.56. The van der Waals surface area contributed by atoms with E-state index in [0.29, 0.717) is 16.3 Å². The lowest BCUT2D eigenvalue weighted by atomic mass is 10.1. The molecule has 152 valence electrons. The lowest BCUT2D eigenvalue weighted by Gasteiger charge is -2.14. The molecule has 0 aliphatic heterocycles. The van der Waals surface area contributed by atoms with Gasteiger partial charge in [-0.3, -0.25) is 9.59 Å². The number of nitrogens with one attached hydrogen (secondary N) is 1. The van der Waals surface area contributed by atoms with E-state index in [1.54, 1.807) is 19.9 Å². The summed E-state index contributed by atoms with van der Waals surface area (Å²) >= 11 is 6.17. The molecule has 0 saturated heterocycles. The zero-order valence-corrected chi connectivity index (χ0v) is 16.8. The Labute approximate surface area is 176 Å². The molecule has 3 aromatic rings. The van der Waals surface area contributed by atoms with Crippen LogP contribution in [0, 0.1) is 24.6 Å². The van der Waals surface area contributed by atoms with E-state index in [1.807, 2.05) is 0 Å². The first kappa shape index (κ1) is 21.1. The molecule has 0 aliphatic rings. The summed E-state index contributed by atoms with van der Waals surface area (Å²) < 4.78 is 19.9. The number of benzene rings is 3. The van der Waals surface area contributed by atoms with Crippen molar-refractivity contribution in [3.63, 3.8) is 0 Å². The van der Waals surface area contributed by atoms with Crippen molar-refractivity contribution in [1.29, 1.82) is 0 Å². The Morgan fingerprint density at radius 3 is 2.33 bits per heavy atom. The van der Waals surface area contributed by atoms with E-state index in [9.17, 15) is 18.9 Å². The van der Waals surface area contributed by atoms with Gasteiger partial charge in [-0.05, 0) is 67.4 Å². The fourth-order valence-electron chi connectivity index (χ4n) is 2.68. The van der Waals surface area contributed by atoms with Gasteiger partial charge in [0.25, 0.3) is 5.91 Å². The predicted molar refractivity (Wildman–Crippen MR) is 112 cm³/mol. The van der Waals surface area contributed by atoms with Crippen LogP contribution < -0.4 is 10.1 Å². The van der Waals surface area contributed by atoms with Gasteiger partial charge in [-0.15, -0.1) is 4.91 Å². The van der Waals surface area contributed by atoms with Crippen LogP contribution in [0.15, 0.2) is 59.8 Å². The highest BCUT2D eigenvalue weighted by Gasteiger charge is 2.18. The Bertz CT molecular complexity index is 1150. The standard InChI is InChI=1S/C22H16ClFN2O4/c1-12-3-8-19(18(24)9-12)30-20-11-17(23)13(2)10-16(20)22(28)25-15-6-4-14(5-7-15)21(27)26-29/h3-11H,1-2H3,(H,25,28). The van der Waals surface area contributed by atoms with Crippen molar-refractivity contribution in [3.8, 4) is 11.5 Å². The SMILES string of the molecule is Cc1ccc(Oc2cc(Cl)c(C)cc2C(=O)Nc2ccc(C(=O)N=O)cc2)c(F)c1. The van der Waals surface area contributed by atoms with E-state index in [-0.39, 0.29) is 22.6 Å². The average Bonchev–Trinajstić information content (AvgIpc) is 2.72. The first-order valence-electron chi connectivity index (χ1n) is 8.81. The van der Waals surface area contributed by atoms with Gasteiger partial charge in [0.2, 0.25) is 0 Å². The Morgan fingerprint density at radius 2 is 1.70 bits per heavy atom. The smallest absolute Gasteiger partial charge is 0.316 e. The van der Waals surface area contributed by atoms with Crippen molar-refractivity contribution in [2.24, 2.45) is 5.18 Å². The molecule has 0 unspecified atom stereocenters. The van der Waals surface area contributed by atoms with E-state index in [4.69, 9.17) is 16.3 Å². The van der Waals surface area contributed by atoms with Crippen molar-refractivity contribution in [1.82, 2.24) is 0 Å². The normalized spacial score (nSPS) is 10.4. The molecule has 0 heterocycles. The maximum absolute atomic E-state index is 14.2. The topological polar surface area (TPSA) is 84.8 Å². The molecular weight excluding hydrogens is 411 g/mol. The fraction of sp³-hybridized carbons (Fsp3) is 0.0909. The van der Waals surface area contributed by atoms with Crippen LogP contribution in [0.1, 0.15) is 31.8 Å². The molecule has 1 N–H and O–H groups in total. The van der Waals surface area contributed by atoms with E-state index >= 15 is 0 Å². The maximum atomic E-state index is 14.2. The van der Waals surface area contributed by atoms with Gasteiger partial charge in [-0.1, -0.05) is 17.7 Å². The molecular formula is C22H16ClFN2O4. The summed E-state index contributed by atoms with van der Waals surface area (Å²) in [7, 11) is 0. The van der Waals surface area contributed by atoms with Crippen LogP contribution in [-0.2, 0) is 0 Å². The number of amides is 2. The summed E-state index contributed by atoms with van der Waals surface area (Å²) in [4.78, 5) is 34.4. The van der Waals surface area contributed by atoms with Gasteiger partial charge in [0.1, 0.15) is 5.75 Å². The second-order valence-corrected chi connectivity index (χ2v) is 6.97. The molecule has 30 heavy (non-hydrogen) atoms. The summed E-state index contributed by atoms with van der Waals surface area (Å²) in [6.07, 6.45) is 0. The molecule has 2 amide bonds. The van der Waals surface area contributed by atoms with E-state index in [1.165, 1.54) is 48.5 Å². The number of nitroso groups, excluding NO2 is 1. The van der Waals surface area contributed by atoms with Crippen molar-refractivity contribution < 1.29 is 18.7 Å². The molecule has 0 spiro atoms. The predicted octanol–water partition coefficient (Wildman–Crippen LogP) is 6.05.